The Morgan fingerprint density at radius 1 is 0.735 bits per heavy atom. The lowest BCUT2D eigenvalue weighted by Gasteiger charge is -2.20. The number of nitrogens with two attached hydrogens (primary N) is 1. The molecule has 1 heterocycles. The highest BCUT2D eigenvalue weighted by Gasteiger charge is 2.20. The van der Waals surface area contributed by atoms with Crippen LogP contribution in [0.3, 0.4) is 0 Å². The van der Waals surface area contributed by atoms with Gasteiger partial charge in [0.1, 0.15) is 5.01 Å². The van der Waals surface area contributed by atoms with E-state index in [0.29, 0.717) is 0 Å². The number of aromatic nitrogens is 1. The van der Waals surface area contributed by atoms with Gasteiger partial charge in [0.2, 0.25) is 0 Å². The number of aryl methyl sites for hydroxylation is 2. The van der Waals surface area contributed by atoms with Gasteiger partial charge in [-0.1, -0.05) is 80.9 Å². The minimum Gasteiger partial charge on any atom is -0.398 e. The van der Waals surface area contributed by atoms with Crippen LogP contribution >= 0.6 is 11.3 Å². The lowest BCUT2D eigenvalue weighted by Crippen LogP contribution is -2.11. The van der Waals surface area contributed by atoms with Crippen molar-refractivity contribution in [2.24, 2.45) is 0 Å². The fourth-order valence-corrected chi connectivity index (χ4v) is 5.44. The second kappa shape index (κ2) is 8.41. The Morgan fingerprint density at radius 2 is 1.41 bits per heavy atom. The lowest BCUT2D eigenvalue weighted by atomic mass is 9.85. The van der Waals surface area contributed by atoms with E-state index in [1.54, 1.807) is 11.3 Å². The molecule has 0 unspecified atom stereocenters. The molecular weight excluding hydrogens is 432 g/mol. The minimum absolute atomic E-state index is 0.0392. The average molecular weight is 463 g/mol. The lowest BCUT2D eigenvalue weighted by molar-refractivity contribution is 0.591. The van der Waals surface area contributed by atoms with E-state index in [-0.39, 0.29) is 5.41 Å². The standard InChI is InChI=1S/C31H30N2S/c1-19-10-11-20(2)25(16-19)21-12-14-22(15-13-21)26-17-23(31(3,4)5)18-28-29(26)33-30(34-28)24-8-6-7-9-27(24)32/h6-18H,32H2,1-5H3. The third kappa shape index (κ3) is 4.12. The van der Waals surface area contributed by atoms with Crippen LogP contribution in [0.5, 0.6) is 0 Å². The molecule has 4 aromatic carbocycles. The first-order valence-electron chi connectivity index (χ1n) is 11.7. The summed E-state index contributed by atoms with van der Waals surface area (Å²) in [5.41, 5.74) is 17.9. The number of thiazole rings is 1. The number of fused-ring (bicyclic) bond motifs is 1. The molecule has 0 saturated heterocycles. The number of benzene rings is 4. The van der Waals surface area contributed by atoms with E-state index in [2.05, 4.69) is 95.3 Å². The smallest absolute Gasteiger partial charge is 0.126 e. The summed E-state index contributed by atoms with van der Waals surface area (Å²) in [6, 6.07) is 28.1. The molecule has 0 radical (unpaired) electrons. The number of nitrogens with zero attached hydrogens (tertiary/aromatic N) is 1. The van der Waals surface area contributed by atoms with Gasteiger partial charge in [-0.05, 0) is 71.3 Å². The molecule has 0 atom stereocenters. The summed E-state index contributed by atoms with van der Waals surface area (Å²) in [5.74, 6) is 0. The second-order valence-electron chi connectivity index (χ2n) is 10.1. The Hall–Kier alpha value is -3.43. The van der Waals surface area contributed by atoms with Gasteiger partial charge in [-0.2, -0.15) is 0 Å². The zero-order valence-electron chi connectivity index (χ0n) is 20.4. The van der Waals surface area contributed by atoms with Crippen molar-refractivity contribution in [1.29, 1.82) is 0 Å². The highest BCUT2D eigenvalue weighted by Crippen LogP contribution is 2.41. The van der Waals surface area contributed by atoms with Crippen molar-refractivity contribution in [3.05, 3.63) is 95.6 Å². The molecule has 34 heavy (non-hydrogen) atoms. The zero-order valence-corrected chi connectivity index (χ0v) is 21.3. The van der Waals surface area contributed by atoms with Gasteiger partial charge >= 0.3 is 0 Å². The molecule has 0 aliphatic rings. The zero-order chi connectivity index (χ0) is 24.0. The highest BCUT2D eigenvalue weighted by molar-refractivity contribution is 7.21. The van der Waals surface area contributed by atoms with Crippen LogP contribution in [-0.4, -0.2) is 4.98 Å². The van der Waals surface area contributed by atoms with Crippen molar-refractivity contribution >= 4 is 27.2 Å². The molecule has 0 spiro atoms. The van der Waals surface area contributed by atoms with E-state index >= 15 is 0 Å². The van der Waals surface area contributed by atoms with Gasteiger partial charge in [0, 0.05) is 16.8 Å². The first kappa shape index (κ1) is 22.4. The van der Waals surface area contributed by atoms with E-state index in [4.69, 9.17) is 10.7 Å². The van der Waals surface area contributed by atoms with Crippen LogP contribution in [0.1, 0.15) is 37.5 Å². The largest absolute Gasteiger partial charge is 0.398 e. The van der Waals surface area contributed by atoms with Crippen molar-refractivity contribution in [2.75, 3.05) is 5.73 Å². The number of nitrogen functional groups attached to an aromatic ring is 1. The molecule has 5 aromatic rings. The summed E-state index contributed by atoms with van der Waals surface area (Å²) >= 11 is 1.72. The molecule has 0 aliphatic carbocycles. The van der Waals surface area contributed by atoms with Crippen molar-refractivity contribution in [3.63, 3.8) is 0 Å². The van der Waals surface area contributed by atoms with E-state index in [9.17, 15) is 0 Å². The Labute approximate surface area is 206 Å². The predicted octanol–water partition coefficient (Wildman–Crippen LogP) is 8.79. The van der Waals surface area contributed by atoms with E-state index in [0.717, 1.165) is 21.8 Å². The molecule has 0 aliphatic heterocycles. The Bertz CT molecular complexity index is 1500. The van der Waals surface area contributed by atoms with Crippen molar-refractivity contribution < 1.29 is 0 Å². The molecule has 170 valence electrons. The predicted molar refractivity (Wildman–Crippen MR) is 149 cm³/mol. The first-order chi connectivity index (χ1) is 16.2. The fourth-order valence-electron chi connectivity index (χ4n) is 4.37. The van der Waals surface area contributed by atoms with Crippen LogP contribution in [0.2, 0.25) is 0 Å². The average Bonchev–Trinajstić information content (AvgIpc) is 3.24. The van der Waals surface area contributed by atoms with Crippen molar-refractivity contribution in [1.82, 2.24) is 4.98 Å². The van der Waals surface area contributed by atoms with Crippen molar-refractivity contribution in [2.45, 2.75) is 40.0 Å². The number of para-hydroxylation sites is 1. The molecule has 2 N–H and O–H groups in total. The number of hydrogen-bond donors (Lipinski definition) is 1. The number of rotatable bonds is 3. The Kier molecular flexibility index (Phi) is 5.53. The summed E-state index contributed by atoms with van der Waals surface area (Å²) in [4.78, 5) is 5.09. The summed E-state index contributed by atoms with van der Waals surface area (Å²) in [5, 5.41) is 0.965. The quantitative estimate of drug-likeness (QED) is 0.272. The minimum atomic E-state index is 0.0392. The molecule has 0 fully saturated rings. The third-order valence-electron chi connectivity index (χ3n) is 6.45. The Balaban J connectivity index is 1.67. The molecule has 2 nitrogen and oxygen atoms in total. The summed E-state index contributed by atoms with van der Waals surface area (Å²) < 4.78 is 1.19. The molecular formula is C31H30N2S. The van der Waals surface area contributed by atoms with Crippen molar-refractivity contribution in [3.8, 4) is 32.8 Å². The maximum atomic E-state index is 6.28. The maximum absolute atomic E-state index is 6.28. The molecule has 5 rings (SSSR count). The normalized spacial score (nSPS) is 11.8. The van der Waals surface area contributed by atoms with Gasteiger partial charge in [0.15, 0.2) is 0 Å². The van der Waals surface area contributed by atoms with E-state index in [1.807, 2.05) is 18.2 Å². The third-order valence-corrected chi connectivity index (χ3v) is 7.49. The van der Waals surface area contributed by atoms with Crippen LogP contribution in [0.4, 0.5) is 5.69 Å². The molecule has 0 amide bonds. The Morgan fingerprint density at radius 3 is 2.09 bits per heavy atom. The molecule has 1 aromatic heterocycles. The van der Waals surface area contributed by atoms with Crippen LogP contribution in [-0.2, 0) is 5.41 Å². The summed E-state index contributed by atoms with van der Waals surface area (Å²) in [7, 11) is 0. The second-order valence-corrected chi connectivity index (χ2v) is 11.2. The number of anilines is 1. The molecule has 0 saturated carbocycles. The van der Waals surface area contributed by atoms with Gasteiger partial charge < -0.3 is 5.73 Å². The maximum Gasteiger partial charge on any atom is 0.126 e. The SMILES string of the molecule is Cc1ccc(C)c(-c2ccc(-c3cc(C(C)(C)C)cc4sc(-c5ccccc5N)nc34)cc2)c1. The number of hydrogen-bond acceptors (Lipinski definition) is 3. The summed E-state index contributed by atoms with van der Waals surface area (Å²) in [6.07, 6.45) is 0. The first-order valence-corrected chi connectivity index (χ1v) is 12.5. The van der Waals surface area contributed by atoms with E-state index in [1.165, 1.54) is 43.6 Å². The van der Waals surface area contributed by atoms with Crippen LogP contribution < -0.4 is 5.73 Å². The van der Waals surface area contributed by atoms with Gasteiger partial charge in [-0.3, -0.25) is 0 Å². The summed E-state index contributed by atoms with van der Waals surface area (Å²) in [6.45, 7) is 11.1. The monoisotopic (exact) mass is 462 g/mol. The van der Waals surface area contributed by atoms with Crippen LogP contribution in [0.15, 0.2) is 78.9 Å². The van der Waals surface area contributed by atoms with Gasteiger partial charge in [-0.25, -0.2) is 4.98 Å². The van der Waals surface area contributed by atoms with Gasteiger partial charge in [-0.15, -0.1) is 11.3 Å². The highest BCUT2D eigenvalue weighted by atomic mass is 32.1. The van der Waals surface area contributed by atoms with Gasteiger partial charge in [0.25, 0.3) is 0 Å². The van der Waals surface area contributed by atoms with Gasteiger partial charge in [0.05, 0.1) is 10.2 Å². The fraction of sp³-hybridized carbons (Fsp3) is 0.194. The van der Waals surface area contributed by atoms with E-state index < -0.39 is 0 Å². The molecule has 0 bridgehead atoms. The molecule has 3 heteroatoms. The topological polar surface area (TPSA) is 38.9 Å². The van der Waals surface area contributed by atoms with Crippen LogP contribution in [0, 0.1) is 13.8 Å². The van der Waals surface area contributed by atoms with Crippen LogP contribution in [0.25, 0.3) is 43.0 Å².